The summed E-state index contributed by atoms with van der Waals surface area (Å²) in [4.78, 5) is 9.15. The van der Waals surface area contributed by atoms with E-state index in [9.17, 15) is 0 Å². The normalized spacial score (nSPS) is 11.0. The Labute approximate surface area is 124 Å². The number of benzene rings is 1. The first kappa shape index (κ1) is 13.6. The van der Waals surface area contributed by atoms with Crippen LogP contribution in [0, 0.1) is 0 Å². The Morgan fingerprint density at radius 1 is 1.24 bits per heavy atom. The molecule has 0 aliphatic rings. The van der Waals surface area contributed by atoms with Gasteiger partial charge in [-0.2, -0.15) is 0 Å². The van der Waals surface area contributed by atoms with Gasteiger partial charge in [-0.1, -0.05) is 25.1 Å². The minimum Gasteiger partial charge on any atom is -0.373 e. The Kier molecular flexibility index (Phi) is 3.86. The number of hydrogen-bond donors (Lipinski definition) is 1. The summed E-state index contributed by atoms with van der Waals surface area (Å²) in [6.07, 6.45) is 6.02. The lowest BCUT2D eigenvalue weighted by Crippen LogP contribution is -2.07. The number of aryl methyl sites for hydroxylation is 1. The average molecular weight is 280 g/mol. The largest absolute Gasteiger partial charge is 0.373 e. The van der Waals surface area contributed by atoms with Gasteiger partial charge in [0.1, 0.15) is 11.6 Å². The summed E-state index contributed by atoms with van der Waals surface area (Å²) in [6, 6.07) is 10.4. The molecule has 4 nitrogen and oxygen atoms in total. The number of aromatic nitrogens is 3. The quantitative estimate of drug-likeness (QED) is 0.778. The minimum absolute atomic E-state index is 0.795. The molecule has 0 fully saturated rings. The van der Waals surface area contributed by atoms with E-state index in [1.165, 1.54) is 10.9 Å². The highest BCUT2D eigenvalue weighted by atomic mass is 15.1. The van der Waals surface area contributed by atoms with E-state index in [-0.39, 0.29) is 0 Å². The Bertz CT molecular complexity index is 745. The van der Waals surface area contributed by atoms with Crippen molar-refractivity contribution in [3.63, 3.8) is 0 Å². The second kappa shape index (κ2) is 5.95. The molecular formula is C17H20N4. The van der Waals surface area contributed by atoms with Gasteiger partial charge in [-0.05, 0) is 18.6 Å². The second-order valence-electron chi connectivity index (χ2n) is 5.16. The molecule has 0 saturated heterocycles. The van der Waals surface area contributed by atoms with Crippen LogP contribution in [0.25, 0.3) is 10.9 Å². The van der Waals surface area contributed by atoms with Crippen LogP contribution in [0.5, 0.6) is 0 Å². The van der Waals surface area contributed by atoms with Crippen LogP contribution >= 0.6 is 0 Å². The van der Waals surface area contributed by atoms with Gasteiger partial charge in [0.05, 0.1) is 12.1 Å². The molecule has 1 N–H and O–H groups in total. The van der Waals surface area contributed by atoms with Gasteiger partial charge in [0.25, 0.3) is 0 Å². The van der Waals surface area contributed by atoms with Gasteiger partial charge in [-0.25, -0.2) is 9.97 Å². The Morgan fingerprint density at radius 2 is 2.10 bits per heavy atom. The monoisotopic (exact) mass is 280 g/mol. The van der Waals surface area contributed by atoms with Gasteiger partial charge < -0.3 is 9.88 Å². The van der Waals surface area contributed by atoms with Gasteiger partial charge in [-0.3, -0.25) is 0 Å². The number of rotatable bonds is 5. The molecule has 108 valence electrons. The standard InChI is InChI=1S/C17H20N4/c1-3-6-16-19-9-10-21(16)12-14-11-13-7-4-5-8-15(13)20-17(14)18-2/h4-5,7-11H,3,6,12H2,1-2H3,(H,18,20). The SMILES string of the molecule is CCCc1nccn1Cc1cc2ccccc2nc1NC. The van der Waals surface area contributed by atoms with E-state index in [4.69, 9.17) is 4.98 Å². The van der Waals surface area contributed by atoms with E-state index >= 15 is 0 Å². The Balaban J connectivity index is 2.00. The third kappa shape index (κ3) is 2.75. The molecule has 0 spiro atoms. The van der Waals surface area contributed by atoms with E-state index in [1.807, 2.05) is 37.6 Å². The van der Waals surface area contributed by atoms with Crippen LogP contribution in [-0.4, -0.2) is 21.6 Å². The number of nitrogens with one attached hydrogen (secondary N) is 1. The number of pyridine rings is 1. The van der Waals surface area contributed by atoms with Gasteiger partial charge in [0.15, 0.2) is 0 Å². The fourth-order valence-corrected chi connectivity index (χ4v) is 2.62. The van der Waals surface area contributed by atoms with Gasteiger partial charge >= 0.3 is 0 Å². The smallest absolute Gasteiger partial charge is 0.131 e. The Morgan fingerprint density at radius 3 is 2.90 bits per heavy atom. The summed E-state index contributed by atoms with van der Waals surface area (Å²) in [7, 11) is 1.92. The first-order chi connectivity index (χ1) is 10.3. The molecule has 0 atom stereocenters. The predicted octanol–water partition coefficient (Wildman–Crippen LogP) is 3.47. The number of imidazole rings is 1. The number of para-hydroxylation sites is 1. The van der Waals surface area contributed by atoms with Crippen LogP contribution in [0.15, 0.2) is 42.7 Å². The van der Waals surface area contributed by atoms with Crippen molar-refractivity contribution >= 4 is 16.7 Å². The van der Waals surface area contributed by atoms with Crippen molar-refractivity contribution in [1.29, 1.82) is 0 Å². The van der Waals surface area contributed by atoms with E-state index in [2.05, 4.69) is 33.9 Å². The number of anilines is 1. The van der Waals surface area contributed by atoms with Crippen molar-refractivity contribution in [2.75, 3.05) is 12.4 Å². The lowest BCUT2D eigenvalue weighted by molar-refractivity contribution is 0.705. The zero-order chi connectivity index (χ0) is 14.7. The first-order valence-corrected chi connectivity index (χ1v) is 7.38. The molecule has 0 aliphatic carbocycles. The van der Waals surface area contributed by atoms with Crippen LogP contribution in [0.4, 0.5) is 5.82 Å². The molecule has 4 heteroatoms. The second-order valence-corrected chi connectivity index (χ2v) is 5.16. The minimum atomic E-state index is 0.795. The summed E-state index contributed by atoms with van der Waals surface area (Å²) in [6.45, 7) is 2.97. The van der Waals surface area contributed by atoms with Crippen LogP contribution in [0.3, 0.4) is 0 Å². The highest BCUT2D eigenvalue weighted by Gasteiger charge is 2.08. The molecule has 0 radical (unpaired) electrons. The zero-order valence-electron chi connectivity index (χ0n) is 12.5. The summed E-state index contributed by atoms with van der Waals surface area (Å²) < 4.78 is 2.20. The topological polar surface area (TPSA) is 42.7 Å². The van der Waals surface area contributed by atoms with Crippen molar-refractivity contribution in [3.8, 4) is 0 Å². The molecule has 0 unspecified atom stereocenters. The molecule has 3 rings (SSSR count). The fourth-order valence-electron chi connectivity index (χ4n) is 2.62. The molecule has 2 aromatic heterocycles. The molecule has 0 amide bonds. The molecule has 0 aliphatic heterocycles. The third-order valence-electron chi connectivity index (χ3n) is 3.66. The molecule has 2 heterocycles. The molecule has 0 bridgehead atoms. The first-order valence-electron chi connectivity index (χ1n) is 7.38. The van der Waals surface area contributed by atoms with Crippen molar-refractivity contribution < 1.29 is 0 Å². The number of nitrogens with zero attached hydrogens (tertiary/aromatic N) is 3. The zero-order valence-corrected chi connectivity index (χ0v) is 12.5. The fraction of sp³-hybridized carbons (Fsp3) is 0.294. The van der Waals surface area contributed by atoms with E-state index < -0.39 is 0 Å². The molecule has 0 saturated carbocycles. The maximum Gasteiger partial charge on any atom is 0.131 e. The lowest BCUT2D eigenvalue weighted by Gasteiger charge is -2.12. The van der Waals surface area contributed by atoms with Gasteiger partial charge in [0, 0.05) is 36.8 Å². The van der Waals surface area contributed by atoms with Crippen molar-refractivity contribution in [2.45, 2.75) is 26.3 Å². The third-order valence-corrected chi connectivity index (χ3v) is 3.66. The van der Waals surface area contributed by atoms with Crippen molar-refractivity contribution in [1.82, 2.24) is 14.5 Å². The van der Waals surface area contributed by atoms with E-state index in [0.29, 0.717) is 0 Å². The number of hydrogen-bond acceptors (Lipinski definition) is 3. The summed E-state index contributed by atoms with van der Waals surface area (Å²) in [5.74, 6) is 2.07. The summed E-state index contributed by atoms with van der Waals surface area (Å²) in [5.41, 5.74) is 2.21. The predicted molar refractivity (Wildman–Crippen MR) is 86.6 cm³/mol. The van der Waals surface area contributed by atoms with E-state index in [1.54, 1.807) is 0 Å². The average Bonchev–Trinajstić information content (AvgIpc) is 2.94. The summed E-state index contributed by atoms with van der Waals surface area (Å²) >= 11 is 0. The Hall–Kier alpha value is -2.36. The van der Waals surface area contributed by atoms with Crippen molar-refractivity contribution in [3.05, 3.63) is 54.1 Å². The highest BCUT2D eigenvalue weighted by molar-refractivity contribution is 5.81. The number of fused-ring (bicyclic) bond motifs is 1. The molecular weight excluding hydrogens is 260 g/mol. The van der Waals surface area contributed by atoms with Gasteiger partial charge in [0.2, 0.25) is 0 Å². The molecule has 1 aromatic carbocycles. The van der Waals surface area contributed by atoms with E-state index in [0.717, 1.165) is 36.5 Å². The maximum atomic E-state index is 4.70. The van der Waals surface area contributed by atoms with Gasteiger partial charge in [-0.15, -0.1) is 0 Å². The molecule has 21 heavy (non-hydrogen) atoms. The van der Waals surface area contributed by atoms with Crippen molar-refractivity contribution in [2.24, 2.45) is 0 Å². The molecule has 3 aromatic rings. The maximum absolute atomic E-state index is 4.70. The summed E-state index contributed by atoms with van der Waals surface area (Å²) in [5, 5.41) is 4.38. The van der Waals surface area contributed by atoms with Crippen LogP contribution in [0.2, 0.25) is 0 Å². The van der Waals surface area contributed by atoms with Crippen LogP contribution in [-0.2, 0) is 13.0 Å². The van der Waals surface area contributed by atoms with Crippen LogP contribution < -0.4 is 5.32 Å². The highest BCUT2D eigenvalue weighted by Crippen LogP contribution is 2.21. The van der Waals surface area contributed by atoms with Crippen LogP contribution in [0.1, 0.15) is 24.7 Å². The lowest BCUT2D eigenvalue weighted by atomic mass is 10.1.